The lowest BCUT2D eigenvalue weighted by Crippen LogP contribution is -2.15. The van der Waals surface area contributed by atoms with Gasteiger partial charge in [-0.1, -0.05) is 6.92 Å². The van der Waals surface area contributed by atoms with Crippen LogP contribution in [0.3, 0.4) is 0 Å². The quantitative estimate of drug-likeness (QED) is 0.748. The SMILES string of the molecule is CCC(Nc1nc(Cl)nc(-n2cccn2)n1)c1ncc[nH]1. The highest BCUT2D eigenvalue weighted by atomic mass is 35.5. The summed E-state index contributed by atoms with van der Waals surface area (Å²) in [5, 5.41) is 7.37. The van der Waals surface area contributed by atoms with Crippen LogP contribution in [-0.2, 0) is 0 Å². The van der Waals surface area contributed by atoms with Crippen LogP contribution in [0, 0.1) is 0 Å². The lowest BCUT2D eigenvalue weighted by atomic mass is 10.2. The van der Waals surface area contributed by atoms with Gasteiger partial charge < -0.3 is 10.3 Å². The minimum absolute atomic E-state index is 0.0380. The van der Waals surface area contributed by atoms with E-state index >= 15 is 0 Å². The van der Waals surface area contributed by atoms with Crippen LogP contribution in [0.15, 0.2) is 30.9 Å². The number of imidazole rings is 1. The molecule has 0 saturated carbocycles. The number of aromatic nitrogens is 7. The van der Waals surface area contributed by atoms with Crippen molar-refractivity contribution in [1.29, 1.82) is 0 Å². The van der Waals surface area contributed by atoms with Crippen molar-refractivity contribution >= 4 is 17.5 Å². The third-order valence-electron chi connectivity index (χ3n) is 2.87. The number of anilines is 1. The molecule has 0 saturated heterocycles. The first kappa shape index (κ1) is 13.5. The minimum Gasteiger partial charge on any atom is -0.347 e. The van der Waals surface area contributed by atoms with Gasteiger partial charge in [-0.25, -0.2) is 9.67 Å². The van der Waals surface area contributed by atoms with Crippen LogP contribution in [0.25, 0.3) is 5.95 Å². The summed E-state index contributed by atoms with van der Waals surface area (Å²) in [6.45, 7) is 2.04. The van der Waals surface area contributed by atoms with Gasteiger partial charge in [-0.3, -0.25) is 0 Å². The molecule has 0 aromatic carbocycles. The average molecular weight is 305 g/mol. The standard InChI is InChI=1S/C12H13ClN8/c1-2-8(9-14-5-6-15-9)17-11-18-10(13)19-12(20-11)21-7-3-4-16-21/h3-8H,2H2,1H3,(H,14,15)(H,17,18,19,20). The number of nitrogens with one attached hydrogen (secondary N) is 2. The zero-order valence-corrected chi connectivity index (χ0v) is 12.0. The number of hydrogen-bond donors (Lipinski definition) is 2. The predicted molar refractivity (Wildman–Crippen MR) is 77.2 cm³/mol. The fraction of sp³-hybridized carbons (Fsp3) is 0.250. The largest absolute Gasteiger partial charge is 0.347 e. The Hall–Kier alpha value is -2.48. The molecule has 0 aliphatic rings. The van der Waals surface area contributed by atoms with Crippen molar-refractivity contribution in [1.82, 2.24) is 34.7 Å². The van der Waals surface area contributed by atoms with E-state index in [4.69, 9.17) is 11.6 Å². The van der Waals surface area contributed by atoms with Gasteiger partial charge in [0, 0.05) is 24.8 Å². The molecule has 0 aliphatic heterocycles. The van der Waals surface area contributed by atoms with E-state index < -0.39 is 0 Å². The molecule has 3 heterocycles. The molecular formula is C12H13ClN8. The maximum atomic E-state index is 5.95. The summed E-state index contributed by atoms with van der Waals surface area (Å²) in [6.07, 6.45) is 7.67. The van der Waals surface area contributed by atoms with Crippen molar-refractivity contribution in [3.63, 3.8) is 0 Å². The van der Waals surface area contributed by atoms with E-state index in [0.717, 1.165) is 12.2 Å². The normalized spacial score (nSPS) is 12.3. The molecule has 0 spiro atoms. The molecule has 3 aromatic heterocycles. The molecule has 3 aromatic rings. The third-order valence-corrected chi connectivity index (χ3v) is 3.04. The van der Waals surface area contributed by atoms with E-state index in [9.17, 15) is 0 Å². The molecule has 1 atom stereocenters. The molecule has 0 fully saturated rings. The summed E-state index contributed by atoms with van der Waals surface area (Å²) >= 11 is 5.95. The molecule has 3 rings (SSSR count). The number of rotatable bonds is 5. The fourth-order valence-corrected chi connectivity index (χ4v) is 2.04. The van der Waals surface area contributed by atoms with Gasteiger partial charge in [0.1, 0.15) is 5.82 Å². The fourth-order valence-electron chi connectivity index (χ4n) is 1.88. The molecule has 9 heteroatoms. The average Bonchev–Trinajstić information content (AvgIpc) is 3.16. The van der Waals surface area contributed by atoms with Crippen LogP contribution < -0.4 is 5.32 Å². The van der Waals surface area contributed by atoms with Crippen LogP contribution in [0.4, 0.5) is 5.95 Å². The zero-order valence-electron chi connectivity index (χ0n) is 11.2. The topological polar surface area (TPSA) is 97.2 Å². The van der Waals surface area contributed by atoms with Gasteiger partial charge in [-0.15, -0.1) is 0 Å². The summed E-state index contributed by atoms with van der Waals surface area (Å²) in [5.74, 6) is 1.55. The van der Waals surface area contributed by atoms with Crippen LogP contribution in [-0.4, -0.2) is 34.7 Å². The van der Waals surface area contributed by atoms with Gasteiger partial charge in [0.2, 0.25) is 11.2 Å². The van der Waals surface area contributed by atoms with Crippen LogP contribution in [0.1, 0.15) is 25.2 Å². The Kier molecular flexibility index (Phi) is 3.78. The Balaban J connectivity index is 1.88. The Morgan fingerprint density at radius 1 is 1.33 bits per heavy atom. The first-order chi connectivity index (χ1) is 10.3. The highest BCUT2D eigenvalue weighted by Crippen LogP contribution is 2.18. The van der Waals surface area contributed by atoms with E-state index in [2.05, 4.69) is 35.3 Å². The number of H-pyrrole nitrogens is 1. The van der Waals surface area contributed by atoms with Crippen molar-refractivity contribution in [2.75, 3.05) is 5.32 Å². The number of halogens is 1. The van der Waals surface area contributed by atoms with Gasteiger partial charge in [0.15, 0.2) is 0 Å². The maximum absolute atomic E-state index is 5.95. The summed E-state index contributed by atoms with van der Waals surface area (Å²) in [5.41, 5.74) is 0. The highest BCUT2D eigenvalue weighted by molar-refractivity contribution is 6.28. The van der Waals surface area contributed by atoms with Crippen molar-refractivity contribution in [3.8, 4) is 5.95 Å². The van der Waals surface area contributed by atoms with Crippen molar-refractivity contribution in [2.45, 2.75) is 19.4 Å². The first-order valence-electron chi connectivity index (χ1n) is 6.43. The van der Waals surface area contributed by atoms with Gasteiger partial charge in [-0.05, 0) is 24.1 Å². The lowest BCUT2D eigenvalue weighted by Gasteiger charge is -2.14. The monoisotopic (exact) mass is 304 g/mol. The summed E-state index contributed by atoms with van der Waals surface area (Å²) in [7, 11) is 0. The van der Waals surface area contributed by atoms with Crippen molar-refractivity contribution < 1.29 is 0 Å². The smallest absolute Gasteiger partial charge is 0.256 e. The minimum atomic E-state index is -0.0380. The molecule has 0 amide bonds. The summed E-state index contributed by atoms with van der Waals surface area (Å²) in [4.78, 5) is 19.8. The van der Waals surface area contributed by atoms with Gasteiger partial charge in [0.05, 0.1) is 6.04 Å². The maximum Gasteiger partial charge on any atom is 0.256 e. The highest BCUT2D eigenvalue weighted by Gasteiger charge is 2.15. The Labute approximate surface area is 125 Å². The molecule has 2 N–H and O–H groups in total. The van der Waals surface area contributed by atoms with E-state index in [1.807, 2.05) is 6.92 Å². The molecule has 0 bridgehead atoms. The lowest BCUT2D eigenvalue weighted by molar-refractivity contribution is 0.690. The van der Waals surface area contributed by atoms with E-state index in [0.29, 0.717) is 11.9 Å². The molecule has 0 radical (unpaired) electrons. The second-order valence-corrected chi connectivity index (χ2v) is 4.60. The van der Waals surface area contributed by atoms with Crippen LogP contribution >= 0.6 is 11.6 Å². The second-order valence-electron chi connectivity index (χ2n) is 4.26. The number of nitrogens with zero attached hydrogens (tertiary/aromatic N) is 6. The van der Waals surface area contributed by atoms with Crippen LogP contribution in [0.5, 0.6) is 0 Å². The second kappa shape index (κ2) is 5.88. The van der Waals surface area contributed by atoms with Gasteiger partial charge in [-0.2, -0.15) is 20.1 Å². The molecule has 8 nitrogen and oxygen atoms in total. The van der Waals surface area contributed by atoms with Gasteiger partial charge in [0.25, 0.3) is 5.95 Å². The molecular weight excluding hydrogens is 292 g/mol. The summed E-state index contributed by atoms with van der Waals surface area (Å²) < 4.78 is 1.52. The Bertz CT molecular complexity index is 694. The molecule has 21 heavy (non-hydrogen) atoms. The van der Waals surface area contributed by atoms with Crippen LogP contribution in [0.2, 0.25) is 5.28 Å². The van der Waals surface area contributed by atoms with E-state index in [1.165, 1.54) is 4.68 Å². The third kappa shape index (κ3) is 3.00. The predicted octanol–water partition coefficient (Wildman–Crippen LogP) is 2.00. The molecule has 1 unspecified atom stereocenters. The van der Waals surface area contributed by atoms with E-state index in [1.54, 1.807) is 30.9 Å². The number of hydrogen-bond acceptors (Lipinski definition) is 6. The Morgan fingerprint density at radius 3 is 2.90 bits per heavy atom. The first-order valence-corrected chi connectivity index (χ1v) is 6.81. The molecule has 0 aliphatic carbocycles. The van der Waals surface area contributed by atoms with Crippen molar-refractivity contribution in [3.05, 3.63) is 42.0 Å². The molecule has 108 valence electrons. The van der Waals surface area contributed by atoms with Crippen molar-refractivity contribution in [2.24, 2.45) is 0 Å². The van der Waals surface area contributed by atoms with E-state index in [-0.39, 0.29) is 11.3 Å². The summed E-state index contributed by atoms with van der Waals surface area (Å²) in [6, 6.07) is 1.74. The Morgan fingerprint density at radius 2 is 2.24 bits per heavy atom. The zero-order chi connectivity index (χ0) is 14.7. The number of aromatic amines is 1. The van der Waals surface area contributed by atoms with Gasteiger partial charge >= 0.3 is 0 Å².